The highest BCUT2D eigenvalue weighted by molar-refractivity contribution is 5.86. The first-order valence-corrected chi connectivity index (χ1v) is 11.1. The monoisotopic (exact) mass is 392 g/mol. The van der Waals surface area contributed by atoms with E-state index in [0.29, 0.717) is 30.2 Å². The molecule has 1 aromatic heterocycles. The molecular formula is C24H32N4O. The molecule has 5 nitrogen and oxygen atoms in total. The number of nitrogens with two attached hydrogens (primary N) is 1. The van der Waals surface area contributed by atoms with E-state index in [-0.39, 0.29) is 0 Å². The molecule has 1 aromatic carbocycles. The highest BCUT2D eigenvalue weighted by atomic mass is 16.2. The molecule has 2 aliphatic heterocycles. The molecule has 3 fully saturated rings. The number of carbonyl (C=O) groups is 1. The van der Waals surface area contributed by atoms with Crippen molar-refractivity contribution in [2.75, 3.05) is 33.2 Å². The molecule has 29 heavy (non-hydrogen) atoms. The van der Waals surface area contributed by atoms with Gasteiger partial charge in [0.1, 0.15) is 0 Å². The number of nitrogens with zero attached hydrogens (tertiary/aromatic N) is 3. The Bertz CT molecular complexity index is 916. The lowest BCUT2D eigenvalue weighted by Crippen LogP contribution is -2.43. The number of likely N-dealkylation sites (tertiary alicyclic amines) is 2. The molecule has 0 spiro atoms. The van der Waals surface area contributed by atoms with Crippen LogP contribution in [0.3, 0.4) is 0 Å². The highest BCUT2D eigenvalue weighted by Gasteiger charge is 2.55. The first-order chi connectivity index (χ1) is 14.0. The zero-order chi connectivity index (χ0) is 20.1. The van der Waals surface area contributed by atoms with Gasteiger partial charge in [0, 0.05) is 56.6 Å². The Morgan fingerprint density at radius 1 is 1.17 bits per heavy atom. The smallest absolute Gasteiger partial charge is 0.222 e. The Morgan fingerprint density at radius 3 is 2.72 bits per heavy atom. The number of pyridine rings is 1. The van der Waals surface area contributed by atoms with Crippen LogP contribution in [0.2, 0.25) is 0 Å². The standard InChI is InChI=1S/C24H32N4O/c1-15-8-17(18-6-5-16(10-25)24-19(18)4-3-7-26-24)12-28(11-15)23(29)9-20-21-13-27(2)14-22(20)21/h3-7,15,17,20-22H,8-14,25H2,1-2H3/t15-,17+,20?,21-,22+/m1/s1. The Labute approximate surface area is 173 Å². The number of piperidine rings is 2. The summed E-state index contributed by atoms with van der Waals surface area (Å²) < 4.78 is 0. The lowest BCUT2D eigenvalue weighted by atomic mass is 9.83. The van der Waals surface area contributed by atoms with Crippen LogP contribution in [-0.4, -0.2) is 53.9 Å². The fourth-order valence-corrected chi connectivity index (χ4v) is 6.05. The second-order valence-electron chi connectivity index (χ2n) is 9.67. The molecule has 0 bridgehead atoms. The number of carbonyl (C=O) groups excluding carboxylic acids is 1. The van der Waals surface area contributed by atoms with Gasteiger partial charge in [-0.05, 0) is 54.3 Å². The molecule has 3 heterocycles. The second kappa shape index (κ2) is 7.37. The van der Waals surface area contributed by atoms with E-state index in [9.17, 15) is 4.79 Å². The molecule has 1 unspecified atom stereocenters. The number of amides is 1. The second-order valence-corrected chi connectivity index (χ2v) is 9.67. The number of rotatable bonds is 4. The van der Waals surface area contributed by atoms with Crippen molar-refractivity contribution in [1.29, 1.82) is 0 Å². The maximum Gasteiger partial charge on any atom is 0.222 e. The van der Waals surface area contributed by atoms with Crippen molar-refractivity contribution < 1.29 is 4.79 Å². The predicted octanol–water partition coefficient (Wildman–Crippen LogP) is 2.84. The number of hydrogen-bond acceptors (Lipinski definition) is 4. The molecule has 1 aliphatic carbocycles. The summed E-state index contributed by atoms with van der Waals surface area (Å²) in [6, 6.07) is 8.50. The first kappa shape index (κ1) is 19.0. The minimum atomic E-state index is 0.365. The van der Waals surface area contributed by atoms with E-state index in [2.05, 4.69) is 47.0 Å². The zero-order valence-corrected chi connectivity index (χ0v) is 17.6. The summed E-state index contributed by atoms with van der Waals surface area (Å²) in [5, 5.41) is 1.20. The van der Waals surface area contributed by atoms with Crippen LogP contribution in [0.25, 0.3) is 10.9 Å². The number of fused-ring (bicyclic) bond motifs is 2. The van der Waals surface area contributed by atoms with E-state index in [1.54, 1.807) is 0 Å². The third-order valence-electron chi connectivity index (χ3n) is 7.52. The third kappa shape index (κ3) is 3.44. The summed E-state index contributed by atoms with van der Waals surface area (Å²) in [5.41, 5.74) is 9.35. The predicted molar refractivity (Wildman–Crippen MR) is 115 cm³/mol. The Kier molecular flexibility index (Phi) is 4.83. The van der Waals surface area contributed by atoms with Crippen LogP contribution >= 0.6 is 0 Å². The number of aromatic nitrogens is 1. The van der Waals surface area contributed by atoms with E-state index >= 15 is 0 Å². The molecule has 154 valence electrons. The zero-order valence-electron chi connectivity index (χ0n) is 17.6. The molecule has 2 saturated heterocycles. The quantitative estimate of drug-likeness (QED) is 0.869. The fraction of sp³-hybridized carbons (Fsp3) is 0.583. The van der Waals surface area contributed by atoms with Crippen LogP contribution < -0.4 is 5.73 Å². The van der Waals surface area contributed by atoms with Gasteiger partial charge in [-0.15, -0.1) is 0 Å². The lowest BCUT2D eigenvalue weighted by molar-refractivity contribution is -0.133. The highest BCUT2D eigenvalue weighted by Crippen LogP contribution is 2.53. The molecule has 5 rings (SSSR count). The maximum absolute atomic E-state index is 13.1. The summed E-state index contributed by atoms with van der Waals surface area (Å²) in [4.78, 5) is 22.3. The average Bonchev–Trinajstić information content (AvgIpc) is 3.17. The van der Waals surface area contributed by atoms with Gasteiger partial charge < -0.3 is 15.5 Å². The van der Waals surface area contributed by atoms with Gasteiger partial charge in [-0.2, -0.15) is 0 Å². The van der Waals surface area contributed by atoms with Crippen LogP contribution in [0.5, 0.6) is 0 Å². The van der Waals surface area contributed by atoms with Gasteiger partial charge in [0.05, 0.1) is 5.52 Å². The van der Waals surface area contributed by atoms with Crippen LogP contribution in [0.1, 0.15) is 36.8 Å². The minimum Gasteiger partial charge on any atom is -0.342 e. The van der Waals surface area contributed by atoms with Gasteiger partial charge in [-0.25, -0.2) is 0 Å². The van der Waals surface area contributed by atoms with Crippen molar-refractivity contribution in [3.63, 3.8) is 0 Å². The van der Waals surface area contributed by atoms with Gasteiger partial charge in [0.15, 0.2) is 0 Å². The van der Waals surface area contributed by atoms with Gasteiger partial charge >= 0.3 is 0 Å². The van der Waals surface area contributed by atoms with Crippen molar-refractivity contribution >= 4 is 16.8 Å². The van der Waals surface area contributed by atoms with Crippen LogP contribution in [0.15, 0.2) is 30.5 Å². The average molecular weight is 393 g/mol. The Morgan fingerprint density at radius 2 is 1.97 bits per heavy atom. The summed E-state index contributed by atoms with van der Waals surface area (Å²) in [6.45, 7) is 6.86. The molecule has 2 aromatic rings. The maximum atomic E-state index is 13.1. The van der Waals surface area contributed by atoms with Crippen molar-refractivity contribution in [2.45, 2.75) is 32.2 Å². The lowest BCUT2D eigenvalue weighted by Gasteiger charge is -2.37. The summed E-state index contributed by atoms with van der Waals surface area (Å²) >= 11 is 0. The SMILES string of the molecule is C[C@@H]1C[C@H](c2ccc(CN)c3ncccc23)CN(C(=O)CC2[C@H]3CN(C)C[C@@H]23)C1. The Balaban J connectivity index is 1.34. The number of benzene rings is 1. The van der Waals surface area contributed by atoms with Gasteiger partial charge in [-0.1, -0.05) is 25.1 Å². The van der Waals surface area contributed by atoms with Crippen molar-refractivity contribution in [2.24, 2.45) is 29.4 Å². The Hall–Kier alpha value is -1.98. The van der Waals surface area contributed by atoms with Gasteiger partial charge in [0.25, 0.3) is 0 Å². The first-order valence-electron chi connectivity index (χ1n) is 11.1. The van der Waals surface area contributed by atoms with Crippen LogP contribution in [0.4, 0.5) is 0 Å². The summed E-state index contributed by atoms with van der Waals surface area (Å²) in [7, 11) is 2.19. The molecule has 1 amide bonds. The molecule has 2 N–H and O–H groups in total. The van der Waals surface area contributed by atoms with Gasteiger partial charge in [-0.3, -0.25) is 9.78 Å². The van der Waals surface area contributed by atoms with E-state index in [4.69, 9.17) is 5.73 Å². The van der Waals surface area contributed by atoms with E-state index in [1.807, 2.05) is 12.3 Å². The molecule has 0 radical (unpaired) electrons. The fourth-order valence-electron chi connectivity index (χ4n) is 6.05. The van der Waals surface area contributed by atoms with E-state index < -0.39 is 0 Å². The van der Waals surface area contributed by atoms with Crippen molar-refractivity contribution in [3.05, 3.63) is 41.6 Å². The normalized spacial score (nSPS) is 31.8. The molecule has 5 heteroatoms. The van der Waals surface area contributed by atoms with Crippen LogP contribution in [0, 0.1) is 23.7 Å². The third-order valence-corrected chi connectivity index (χ3v) is 7.52. The van der Waals surface area contributed by atoms with Gasteiger partial charge in [0.2, 0.25) is 5.91 Å². The molecular weight excluding hydrogens is 360 g/mol. The molecule has 3 aliphatic rings. The van der Waals surface area contributed by atoms with E-state index in [0.717, 1.165) is 48.8 Å². The van der Waals surface area contributed by atoms with E-state index in [1.165, 1.54) is 24.0 Å². The van der Waals surface area contributed by atoms with Crippen molar-refractivity contribution in [1.82, 2.24) is 14.8 Å². The topological polar surface area (TPSA) is 62.5 Å². The minimum absolute atomic E-state index is 0.365. The molecule has 1 saturated carbocycles. The van der Waals surface area contributed by atoms with Crippen molar-refractivity contribution in [3.8, 4) is 0 Å². The molecule has 5 atom stereocenters. The summed E-state index contributed by atoms with van der Waals surface area (Å²) in [5.74, 6) is 3.41. The summed E-state index contributed by atoms with van der Waals surface area (Å²) in [6.07, 6.45) is 3.71. The largest absolute Gasteiger partial charge is 0.342 e. The van der Waals surface area contributed by atoms with Crippen LogP contribution in [-0.2, 0) is 11.3 Å². The number of hydrogen-bond donors (Lipinski definition) is 1.